The van der Waals surface area contributed by atoms with Gasteiger partial charge >= 0.3 is 5.97 Å². The maximum atomic E-state index is 14.6. The van der Waals surface area contributed by atoms with Gasteiger partial charge < -0.3 is 24.4 Å². The van der Waals surface area contributed by atoms with Gasteiger partial charge in [-0.15, -0.1) is 6.58 Å². The van der Waals surface area contributed by atoms with Gasteiger partial charge in [-0.25, -0.2) is 0 Å². The van der Waals surface area contributed by atoms with Crippen molar-refractivity contribution in [3.05, 3.63) is 54.1 Å². The maximum Gasteiger partial charge on any atom is 0.312 e. The molecule has 3 fully saturated rings. The number of benzene rings is 1. The van der Waals surface area contributed by atoms with Gasteiger partial charge in [-0.3, -0.25) is 14.4 Å². The minimum Gasteiger partial charge on any atom is -0.461 e. The number of rotatable bonds is 13. The molecule has 0 saturated carbocycles. The predicted octanol–water partition coefficient (Wildman–Crippen LogP) is 4.20. The van der Waals surface area contributed by atoms with Crippen molar-refractivity contribution in [2.24, 2.45) is 11.8 Å². The lowest BCUT2D eigenvalue weighted by molar-refractivity contribution is -0.153. The van der Waals surface area contributed by atoms with E-state index in [4.69, 9.17) is 26.2 Å². The van der Waals surface area contributed by atoms with Crippen molar-refractivity contribution < 1.29 is 29.0 Å². The van der Waals surface area contributed by atoms with Crippen molar-refractivity contribution >= 4 is 51.0 Å². The lowest BCUT2D eigenvalue weighted by Gasteiger charge is -2.37. The van der Waals surface area contributed by atoms with Crippen molar-refractivity contribution in [3.63, 3.8) is 0 Å². The molecular weight excluding hydrogens is 588 g/mol. The van der Waals surface area contributed by atoms with Gasteiger partial charge in [-0.05, 0) is 37.8 Å². The number of amides is 2. The number of alkyl halides is 1. The lowest BCUT2D eigenvalue weighted by atomic mass is 9.70. The Hall–Kier alpha value is -2.20. The number of anilines is 1. The third-order valence-electron chi connectivity index (χ3n) is 7.98. The SMILES string of the molecule is C=CCOC(=O)[C@H]1[C@H]2C(=O)N(CCCCCCO)C(C(=O)N(CC=C)c3c(C)cccc3Cl)C23CC(Br)[C@@H]1O3. The summed E-state index contributed by atoms with van der Waals surface area (Å²) in [6.45, 7) is 9.99. The van der Waals surface area contributed by atoms with Crippen LogP contribution >= 0.6 is 27.5 Å². The lowest BCUT2D eigenvalue weighted by Crippen LogP contribution is -2.57. The number of ether oxygens (including phenoxy) is 2. The first-order chi connectivity index (χ1) is 18.7. The zero-order valence-electron chi connectivity index (χ0n) is 22.2. The van der Waals surface area contributed by atoms with E-state index in [1.54, 1.807) is 21.9 Å². The summed E-state index contributed by atoms with van der Waals surface area (Å²) in [6, 6.07) is 4.47. The summed E-state index contributed by atoms with van der Waals surface area (Å²) in [4.78, 5) is 44.8. The number of hydrogen-bond donors (Lipinski definition) is 1. The van der Waals surface area contributed by atoms with E-state index in [9.17, 15) is 14.4 Å². The van der Waals surface area contributed by atoms with Crippen molar-refractivity contribution in [3.8, 4) is 0 Å². The molecule has 3 unspecified atom stereocenters. The van der Waals surface area contributed by atoms with Crippen LogP contribution in [0.1, 0.15) is 37.7 Å². The number of esters is 1. The fraction of sp³-hybridized carbons (Fsp3) is 0.552. The smallest absolute Gasteiger partial charge is 0.312 e. The highest BCUT2D eigenvalue weighted by Crippen LogP contribution is 2.60. The third-order valence-corrected chi connectivity index (χ3v) is 9.13. The molecule has 3 aliphatic rings. The van der Waals surface area contributed by atoms with Gasteiger partial charge in [0.15, 0.2) is 0 Å². The minimum absolute atomic E-state index is 0.0265. The summed E-state index contributed by atoms with van der Waals surface area (Å²) in [5.74, 6) is -2.78. The number of halogens is 2. The van der Waals surface area contributed by atoms with Crippen LogP contribution in [0.15, 0.2) is 43.5 Å². The van der Waals surface area contributed by atoms with Crippen LogP contribution in [0.4, 0.5) is 5.69 Å². The van der Waals surface area contributed by atoms with E-state index in [2.05, 4.69) is 29.1 Å². The molecular formula is C29H36BrClN2O6. The van der Waals surface area contributed by atoms with Crippen LogP contribution in [-0.4, -0.2) is 76.7 Å². The van der Waals surface area contributed by atoms with Gasteiger partial charge in [0.2, 0.25) is 5.91 Å². The van der Waals surface area contributed by atoms with Crippen LogP contribution in [0.2, 0.25) is 5.02 Å². The zero-order valence-corrected chi connectivity index (χ0v) is 24.5. The first-order valence-corrected chi connectivity index (χ1v) is 14.7. The number of unbranched alkanes of at least 4 members (excludes halogenated alkanes) is 3. The Morgan fingerprint density at radius 2 is 2.03 bits per heavy atom. The number of carbonyl (C=O) groups is 3. The van der Waals surface area contributed by atoms with Crippen LogP contribution in [0.25, 0.3) is 0 Å². The summed E-state index contributed by atoms with van der Waals surface area (Å²) in [7, 11) is 0. The average Bonchev–Trinajstić information content (AvgIpc) is 3.49. The molecule has 1 N–H and O–H groups in total. The number of fused-ring (bicyclic) bond motifs is 1. The monoisotopic (exact) mass is 622 g/mol. The zero-order chi connectivity index (χ0) is 28.3. The van der Waals surface area contributed by atoms with E-state index in [-0.39, 0.29) is 36.4 Å². The van der Waals surface area contributed by atoms with Crippen molar-refractivity contribution in [1.82, 2.24) is 4.90 Å². The molecule has 4 rings (SSSR count). The van der Waals surface area contributed by atoms with Crippen LogP contribution in [0.5, 0.6) is 0 Å². The number of para-hydroxylation sites is 1. The van der Waals surface area contributed by atoms with Gasteiger partial charge in [-0.2, -0.15) is 0 Å². The molecule has 3 heterocycles. The van der Waals surface area contributed by atoms with Gasteiger partial charge in [-0.1, -0.05) is 71.2 Å². The maximum absolute atomic E-state index is 14.6. The Kier molecular flexibility index (Phi) is 9.57. The molecule has 0 radical (unpaired) electrons. The third kappa shape index (κ3) is 5.31. The number of aliphatic hydroxyl groups is 1. The van der Waals surface area contributed by atoms with E-state index in [1.165, 1.54) is 6.08 Å². The van der Waals surface area contributed by atoms with Crippen LogP contribution in [-0.2, 0) is 23.9 Å². The normalized spacial score (nSPS) is 28.9. The number of likely N-dealkylation sites (tertiary alicyclic amines) is 1. The highest BCUT2D eigenvalue weighted by atomic mass is 79.9. The number of carbonyl (C=O) groups excluding carboxylic acids is 3. The van der Waals surface area contributed by atoms with E-state index in [0.717, 1.165) is 18.4 Å². The van der Waals surface area contributed by atoms with E-state index in [1.807, 2.05) is 19.1 Å². The number of aliphatic hydroxyl groups excluding tert-OH is 1. The molecule has 1 aromatic rings. The van der Waals surface area contributed by atoms with Crippen molar-refractivity contribution in [2.75, 3.05) is 31.2 Å². The Labute approximate surface area is 243 Å². The standard InChI is InChI=1S/C29H36BrClN2O6/c1-4-13-32(23-18(3)11-10-12-20(23)31)27(36)25-29-17-19(30)24(39-29)21(28(37)38-16-5-2)22(29)26(35)33(25)14-8-6-7-9-15-34/h4-5,10-12,19,21-22,24-25,34H,1-2,6-9,13-17H2,3H3/t19?,21-,22-,24-,25?,29?/m0/s1. The second kappa shape index (κ2) is 12.5. The van der Waals surface area contributed by atoms with E-state index in [0.29, 0.717) is 36.5 Å². The van der Waals surface area contributed by atoms with Gasteiger partial charge in [0, 0.05) is 24.5 Å². The molecule has 3 saturated heterocycles. The highest BCUT2D eigenvalue weighted by Gasteiger charge is 2.77. The van der Waals surface area contributed by atoms with E-state index >= 15 is 0 Å². The minimum atomic E-state index is -1.19. The summed E-state index contributed by atoms with van der Waals surface area (Å²) in [6.07, 6.45) is 5.85. The molecule has 10 heteroatoms. The number of hydrogen-bond acceptors (Lipinski definition) is 6. The molecule has 212 valence electrons. The van der Waals surface area contributed by atoms with Crippen LogP contribution < -0.4 is 4.90 Å². The Morgan fingerprint density at radius 1 is 1.28 bits per heavy atom. The average molecular weight is 624 g/mol. The molecule has 1 spiro atoms. The molecule has 0 aliphatic carbocycles. The quantitative estimate of drug-likeness (QED) is 0.153. The summed E-state index contributed by atoms with van der Waals surface area (Å²) >= 11 is 10.3. The molecule has 2 amide bonds. The van der Waals surface area contributed by atoms with Crippen molar-refractivity contribution in [1.29, 1.82) is 0 Å². The largest absolute Gasteiger partial charge is 0.461 e. The second-order valence-corrected chi connectivity index (χ2v) is 12.0. The van der Waals surface area contributed by atoms with E-state index < -0.39 is 35.6 Å². The highest BCUT2D eigenvalue weighted by molar-refractivity contribution is 9.09. The summed E-state index contributed by atoms with van der Waals surface area (Å²) in [5, 5.41) is 9.56. The molecule has 3 aliphatic heterocycles. The molecule has 1 aromatic carbocycles. The fourth-order valence-electron chi connectivity index (χ4n) is 6.44. The van der Waals surface area contributed by atoms with Crippen LogP contribution in [0, 0.1) is 18.8 Å². The van der Waals surface area contributed by atoms with Gasteiger partial charge in [0.25, 0.3) is 5.91 Å². The summed E-state index contributed by atoms with van der Waals surface area (Å²) < 4.78 is 11.9. The molecule has 8 nitrogen and oxygen atoms in total. The number of nitrogens with zero attached hydrogens (tertiary/aromatic N) is 2. The fourth-order valence-corrected chi connectivity index (χ4v) is 7.70. The predicted molar refractivity (Wildman–Crippen MR) is 153 cm³/mol. The molecule has 6 atom stereocenters. The number of aryl methyl sites for hydroxylation is 1. The first-order valence-electron chi connectivity index (χ1n) is 13.4. The van der Waals surface area contributed by atoms with Crippen molar-refractivity contribution in [2.45, 2.75) is 61.6 Å². The molecule has 39 heavy (non-hydrogen) atoms. The second-order valence-electron chi connectivity index (χ2n) is 10.4. The van der Waals surface area contributed by atoms with Crippen LogP contribution in [0.3, 0.4) is 0 Å². The Morgan fingerprint density at radius 3 is 2.69 bits per heavy atom. The Bertz CT molecular complexity index is 1110. The molecule has 0 aromatic heterocycles. The Balaban J connectivity index is 1.76. The summed E-state index contributed by atoms with van der Waals surface area (Å²) in [5.41, 5.74) is 0.182. The first kappa shape index (κ1) is 29.8. The topological polar surface area (TPSA) is 96.4 Å². The van der Waals surface area contributed by atoms with Gasteiger partial charge in [0.05, 0.1) is 28.6 Å². The molecule has 2 bridgehead atoms. The van der Waals surface area contributed by atoms with Gasteiger partial charge in [0.1, 0.15) is 18.2 Å².